The molecule has 0 aliphatic carbocycles. The summed E-state index contributed by atoms with van der Waals surface area (Å²) in [4.78, 5) is 2.18. The third-order valence-corrected chi connectivity index (χ3v) is 2.90. The van der Waals surface area contributed by atoms with Crippen molar-refractivity contribution < 1.29 is 4.42 Å². The molecule has 0 aliphatic rings. The summed E-state index contributed by atoms with van der Waals surface area (Å²) in [5.74, 6) is 0.968. The summed E-state index contributed by atoms with van der Waals surface area (Å²) in [7, 11) is 2.06. The second kappa shape index (κ2) is 5.38. The maximum atomic E-state index is 5.80. The predicted molar refractivity (Wildman–Crippen MR) is 72.4 cm³/mol. The molecule has 3 nitrogen and oxygen atoms in total. The van der Waals surface area contributed by atoms with Crippen molar-refractivity contribution in [2.45, 2.75) is 13.1 Å². The van der Waals surface area contributed by atoms with Gasteiger partial charge in [-0.2, -0.15) is 0 Å². The van der Waals surface area contributed by atoms with Crippen molar-refractivity contribution in [1.82, 2.24) is 4.90 Å². The van der Waals surface area contributed by atoms with Gasteiger partial charge < -0.3 is 10.2 Å². The van der Waals surface area contributed by atoms with Gasteiger partial charge in [0.05, 0.1) is 12.8 Å². The molecule has 0 aliphatic heterocycles. The molecule has 1 heterocycles. The lowest BCUT2D eigenvalue weighted by molar-refractivity contribution is 0.288. The van der Waals surface area contributed by atoms with E-state index in [1.54, 1.807) is 6.26 Å². The monoisotopic (exact) mass is 294 g/mol. The van der Waals surface area contributed by atoms with Crippen molar-refractivity contribution in [3.05, 3.63) is 52.4 Å². The van der Waals surface area contributed by atoms with Gasteiger partial charge in [-0.15, -0.1) is 0 Å². The minimum atomic E-state index is 0.778. The number of nitrogens with two attached hydrogens (primary N) is 1. The minimum Gasteiger partial charge on any atom is -0.468 e. The van der Waals surface area contributed by atoms with Crippen LogP contribution in [-0.4, -0.2) is 11.9 Å². The number of benzene rings is 1. The van der Waals surface area contributed by atoms with Gasteiger partial charge in [0.15, 0.2) is 0 Å². The average Bonchev–Trinajstić information content (AvgIpc) is 2.67. The van der Waals surface area contributed by atoms with Gasteiger partial charge in [-0.3, -0.25) is 4.90 Å². The van der Waals surface area contributed by atoms with E-state index in [1.807, 2.05) is 24.3 Å². The number of hydrogen-bond donors (Lipinski definition) is 1. The van der Waals surface area contributed by atoms with E-state index < -0.39 is 0 Å². The maximum Gasteiger partial charge on any atom is 0.117 e. The Hall–Kier alpha value is -1.26. The molecule has 1 aromatic carbocycles. The summed E-state index contributed by atoms with van der Waals surface area (Å²) in [6.07, 6.45) is 1.69. The van der Waals surface area contributed by atoms with Crippen LogP contribution in [0.3, 0.4) is 0 Å². The fourth-order valence-corrected chi connectivity index (χ4v) is 2.36. The lowest BCUT2D eigenvalue weighted by atomic mass is 10.2. The first-order chi connectivity index (χ1) is 8.13. The Balaban J connectivity index is 2.00. The molecule has 0 saturated heterocycles. The van der Waals surface area contributed by atoms with Crippen LogP contribution >= 0.6 is 15.9 Å². The number of anilines is 1. The molecule has 0 amide bonds. The van der Waals surface area contributed by atoms with E-state index in [4.69, 9.17) is 10.2 Å². The largest absolute Gasteiger partial charge is 0.468 e. The fourth-order valence-electron chi connectivity index (χ4n) is 1.80. The SMILES string of the molecule is CN(Cc1cc(N)cc(Br)c1)Cc1ccco1. The molecule has 1 aromatic heterocycles. The van der Waals surface area contributed by atoms with Crippen molar-refractivity contribution in [3.63, 3.8) is 0 Å². The number of nitrogens with zero attached hydrogens (tertiary/aromatic N) is 1. The van der Waals surface area contributed by atoms with E-state index in [2.05, 4.69) is 33.9 Å². The number of hydrogen-bond acceptors (Lipinski definition) is 3. The van der Waals surface area contributed by atoms with E-state index in [0.717, 1.165) is 29.0 Å². The van der Waals surface area contributed by atoms with Crippen molar-refractivity contribution in [2.75, 3.05) is 12.8 Å². The van der Waals surface area contributed by atoms with Crippen molar-refractivity contribution in [3.8, 4) is 0 Å². The zero-order valence-electron chi connectivity index (χ0n) is 9.69. The van der Waals surface area contributed by atoms with Crippen LogP contribution in [0.4, 0.5) is 5.69 Å². The zero-order valence-corrected chi connectivity index (χ0v) is 11.3. The molecule has 0 unspecified atom stereocenters. The second-order valence-electron chi connectivity index (χ2n) is 4.14. The van der Waals surface area contributed by atoms with Gasteiger partial charge in [0.2, 0.25) is 0 Å². The molecule has 2 N–H and O–H groups in total. The van der Waals surface area contributed by atoms with Crippen LogP contribution in [0.25, 0.3) is 0 Å². The highest BCUT2D eigenvalue weighted by atomic mass is 79.9. The molecule has 0 bridgehead atoms. The van der Waals surface area contributed by atoms with Crippen LogP contribution in [0, 0.1) is 0 Å². The molecule has 0 atom stereocenters. The van der Waals surface area contributed by atoms with Crippen LogP contribution in [0.5, 0.6) is 0 Å². The van der Waals surface area contributed by atoms with Gasteiger partial charge in [0.1, 0.15) is 5.76 Å². The average molecular weight is 295 g/mol. The Labute approximate surface area is 109 Å². The third kappa shape index (κ3) is 3.61. The van der Waals surface area contributed by atoms with Crippen molar-refractivity contribution in [1.29, 1.82) is 0 Å². The number of furan rings is 1. The highest BCUT2D eigenvalue weighted by Gasteiger charge is 2.05. The molecule has 0 fully saturated rings. The molecule has 2 aromatic rings. The quantitative estimate of drug-likeness (QED) is 0.880. The highest BCUT2D eigenvalue weighted by Crippen LogP contribution is 2.18. The van der Waals surface area contributed by atoms with Crippen LogP contribution in [0.2, 0.25) is 0 Å². The summed E-state index contributed by atoms with van der Waals surface area (Å²) in [5, 5.41) is 0. The standard InChI is InChI=1S/C13H15BrN2O/c1-16(9-13-3-2-4-17-13)8-10-5-11(14)7-12(15)6-10/h2-7H,8-9,15H2,1H3. The molecular weight excluding hydrogens is 280 g/mol. The first-order valence-corrected chi connectivity index (χ1v) is 6.18. The Morgan fingerprint density at radius 3 is 2.76 bits per heavy atom. The van der Waals surface area contributed by atoms with E-state index in [-0.39, 0.29) is 0 Å². The summed E-state index contributed by atoms with van der Waals surface area (Å²) in [6, 6.07) is 9.85. The third-order valence-electron chi connectivity index (χ3n) is 2.44. The Bertz CT molecular complexity index is 462. The van der Waals surface area contributed by atoms with E-state index in [9.17, 15) is 0 Å². The molecule has 0 saturated carbocycles. The first-order valence-electron chi connectivity index (χ1n) is 5.39. The smallest absolute Gasteiger partial charge is 0.117 e. The normalized spacial score (nSPS) is 11.0. The van der Waals surface area contributed by atoms with Crippen LogP contribution in [0.15, 0.2) is 45.5 Å². The minimum absolute atomic E-state index is 0.778. The van der Waals surface area contributed by atoms with Gasteiger partial charge in [0.25, 0.3) is 0 Å². The molecule has 0 radical (unpaired) electrons. The van der Waals surface area contributed by atoms with Crippen molar-refractivity contribution in [2.24, 2.45) is 0 Å². The Kier molecular flexibility index (Phi) is 3.86. The number of rotatable bonds is 4. The topological polar surface area (TPSA) is 42.4 Å². The van der Waals surface area contributed by atoms with Gasteiger partial charge in [-0.1, -0.05) is 15.9 Å². The van der Waals surface area contributed by atoms with Crippen LogP contribution in [-0.2, 0) is 13.1 Å². The lowest BCUT2D eigenvalue weighted by Crippen LogP contribution is -2.16. The van der Waals surface area contributed by atoms with Crippen LogP contribution in [0.1, 0.15) is 11.3 Å². The van der Waals surface area contributed by atoms with E-state index in [0.29, 0.717) is 0 Å². The molecule has 4 heteroatoms. The molecule has 2 rings (SSSR count). The van der Waals surface area contributed by atoms with Gasteiger partial charge in [0, 0.05) is 16.7 Å². The predicted octanol–water partition coefficient (Wildman–Crippen LogP) is 3.26. The molecule has 17 heavy (non-hydrogen) atoms. The first kappa shape index (κ1) is 12.2. The lowest BCUT2D eigenvalue weighted by Gasteiger charge is -2.15. The molecule has 90 valence electrons. The van der Waals surface area contributed by atoms with Crippen molar-refractivity contribution >= 4 is 21.6 Å². The summed E-state index contributed by atoms with van der Waals surface area (Å²) in [6.45, 7) is 1.63. The summed E-state index contributed by atoms with van der Waals surface area (Å²) < 4.78 is 6.33. The summed E-state index contributed by atoms with van der Waals surface area (Å²) in [5.41, 5.74) is 7.77. The fraction of sp³-hybridized carbons (Fsp3) is 0.231. The zero-order chi connectivity index (χ0) is 12.3. The summed E-state index contributed by atoms with van der Waals surface area (Å²) >= 11 is 3.45. The maximum absolute atomic E-state index is 5.80. The number of halogens is 1. The van der Waals surface area contributed by atoms with Gasteiger partial charge >= 0.3 is 0 Å². The Morgan fingerprint density at radius 2 is 2.12 bits per heavy atom. The van der Waals surface area contributed by atoms with E-state index >= 15 is 0 Å². The second-order valence-corrected chi connectivity index (χ2v) is 5.06. The molecule has 0 spiro atoms. The number of nitrogen functional groups attached to an aromatic ring is 1. The van der Waals surface area contributed by atoms with E-state index in [1.165, 1.54) is 5.56 Å². The van der Waals surface area contributed by atoms with Gasteiger partial charge in [-0.25, -0.2) is 0 Å². The Morgan fingerprint density at radius 1 is 1.29 bits per heavy atom. The van der Waals surface area contributed by atoms with Gasteiger partial charge in [-0.05, 0) is 42.9 Å². The van der Waals surface area contributed by atoms with Crippen LogP contribution < -0.4 is 5.73 Å². The highest BCUT2D eigenvalue weighted by molar-refractivity contribution is 9.10. The molecular formula is C13H15BrN2O.